The molecule has 0 saturated carbocycles. The second kappa shape index (κ2) is 6.11. The number of hydrogen-bond donors (Lipinski definition) is 2. The van der Waals surface area contributed by atoms with E-state index in [1.165, 1.54) is 10.5 Å². The molecule has 122 valence electrons. The van der Waals surface area contributed by atoms with E-state index in [9.17, 15) is 9.90 Å². The van der Waals surface area contributed by atoms with Crippen LogP contribution in [0.1, 0.15) is 16.8 Å². The summed E-state index contributed by atoms with van der Waals surface area (Å²) in [6.45, 7) is 3.86. The number of aliphatic carboxylic acids is 1. The zero-order chi connectivity index (χ0) is 17.3. The number of azo groups is 1. The van der Waals surface area contributed by atoms with Gasteiger partial charge in [-0.1, -0.05) is 18.2 Å². The van der Waals surface area contributed by atoms with Crippen molar-refractivity contribution in [1.29, 1.82) is 0 Å². The minimum absolute atomic E-state index is 0.0438. The molecule has 0 spiro atoms. The number of fused-ring (bicyclic) bond motifs is 1. The lowest BCUT2D eigenvalue weighted by atomic mass is 10.1. The second-order valence-corrected chi connectivity index (χ2v) is 5.48. The number of aryl methyl sites for hydroxylation is 2. The molecule has 0 atom stereocenters. The van der Waals surface area contributed by atoms with Gasteiger partial charge in [0.15, 0.2) is 17.2 Å². The van der Waals surface area contributed by atoms with E-state index in [4.69, 9.17) is 5.11 Å². The zero-order valence-electron chi connectivity index (χ0n) is 13.3. The Morgan fingerprint density at radius 2 is 1.88 bits per heavy atom. The highest BCUT2D eigenvalue weighted by Crippen LogP contribution is 2.30. The van der Waals surface area contributed by atoms with Gasteiger partial charge in [0, 0.05) is 6.20 Å². The third-order valence-electron chi connectivity index (χ3n) is 3.68. The normalized spacial score (nSPS) is 11.4. The van der Waals surface area contributed by atoms with E-state index in [2.05, 4.69) is 15.2 Å². The fraction of sp³-hybridized carbons (Fsp3) is 0.176. The molecule has 0 aliphatic heterocycles. The van der Waals surface area contributed by atoms with Gasteiger partial charge in [0.05, 0.1) is 17.8 Å². The molecule has 3 aromatic rings. The maximum absolute atomic E-state index is 11.1. The van der Waals surface area contributed by atoms with Gasteiger partial charge in [-0.2, -0.15) is 0 Å². The molecule has 0 bridgehead atoms. The van der Waals surface area contributed by atoms with Crippen LogP contribution in [0, 0.1) is 13.8 Å². The molecular formula is C17H16N4O3. The Hall–Kier alpha value is -3.22. The molecule has 0 amide bonds. The van der Waals surface area contributed by atoms with Crippen molar-refractivity contribution in [2.24, 2.45) is 10.2 Å². The van der Waals surface area contributed by atoms with E-state index < -0.39 is 5.97 Å². The van der Waals surface area contributed by atoms with E-state index in [-0.39, 0.29) is 23.5 Å². The first-order valence-corrected chi connectivity index (χ1v) is 7.36. The average molecular weight is 324 g/mol. The number of aromatic hydroxyl groups is 1. The monoisotopic (exact) mass is 324 g/mol. The summed E-state index contributed by atoms with van der Waals surface area (Å²) in [4.78, 5) is 15.3. The third kappa shape index (κ3) is 2.83. The lowest BCUT2D eigenvalue weighted by molar-refractivity contribution is -0.136. The Labute approximate surface area is 137 Å². The largest absolute Gasteiger partial charge is 0.504 e. The topological polar surface area (TPSA) is 99.5 Å². The standard InChI is InChI=1S/C17H16N4O3/c1-10-5-3-6-11(2)15(10)19-20-16-12(9-14(23)24)18-17-13(22)7-4-8-21(16)17/h3-8,22H,9H2,1-2H3,(H,23,24). The number of pyridine rings is 1. The lowest BCUT2D eigenvalue weighted by Gasteiger charge is -2.03. The van der Waals surface area contributed by atoms with Gasteiger partial charge in [-0.15, -0.1) is 10.2 Å². The summed E-state index contributed by atoms with van der Waals surface area (Å²) in [5.41, 5.74) is 3.17. The molecule has 7 nitrogen and oxygen atoms in total. The van der Waals surface area contributed by atoms with Gasteiger partial charge in [0.25, 0.3) is 0 Å². The van der Waals surface area contributed by atoms with Crippen LogP contribution in [0.15, 0.2) is 46.8 Å². The molecular weight excluding hydrogens is 308 g/mol. The Kier molecular flexibility index (Phi) is 3.99. The molecule has 3 rings (SSSR count). The number of carboxylic acid groups (broad SMARTS) is 1. The molecule has 0 radical (unpaired) electrons. The predicted octanol–water partition coefficient (Wildman–Crippen LogP) is 3.70. The van der Waals surface area contributed by atoms with Crippen molar-refractivity contribution in [3.63, 3.8) is 0 Å². The number of benzene rings is 1. The number of rotatable bonds is 4. The molecule has 2 heterocycles. The Bertz CT molecular complexity index is 940. The van der Waals surface area contributed by atoms with Gasteiger partial charge in [-0.3, -0.25) is 9.20 Å². The van der Waals surface area contributed by atoms with Crippen molar-refractivity contribution in [1.82, 2.24) is 9.38 Å². The summed E-state index contributed by atoms with van der Waals surface area (Å²) in [7, 11) is 0. The summed E-state index contributed by atoms with van der Waals surface area (Å²) in [5.74, 6) is -0.773. The molecule has 1 aromatic carbocycles. The van der Waals surface area contributed by atoms with Crippen molar-refractivity contribution in [2.45, 2.75) is 20.3 Å². The maximum atomic E-state index is 11.1. The quantitative estimate of drug-likeness (QED) is 0.715. The second-order valence-electron chi connectivity index (χ2n) is 5.48. The minimum atomic E-state index is -1.03. The fourth-order valence-electron chi connectivity index (χ4n) is 2.52. The Morgan fingerprint density at radius 3 is 2.54 bits per heavy atom. The molecule has 0 aliphatic rings. The van der Waals surface area contributed by atoms with Crippen LogP contribution >= 0.6 is 0 Å². The highest BCUT2D eigenvalue weighted by atomic mass is 16.4. The Morgan fingerprint density at radius 1 is 1.17 bits per heavy atom. The summed E-state index contributed by atoms with van der Waals surface area (Å²) in [6.07, 6.45) is 1.36. The van der Waals surface area contributed by atoms with Gasteiger partial charge in [-0.25, -0.2) is 4.98 Å². The molecule has 2 aromatic heterocycles. The van der Waals surface area contributed by atoms with Crippen LogP contribution in [-0.2, 0) is 11.2 Å². The van der Waals surface area contributed by atoms with Crippen LogP contribution < -0.4 is 0 Å². The van der Waals surface area contributed by atoms with Crippen LogP contribution in [-0.4, -0.2) is 25.6 Å². The van der Waals surface area contributed by atoms with Crippen LogP contribution in [0.2, 0.25) is 0 Å². The molecule has 0 unspecified atom stereocenters. The maximum Gasteiger partial charge on any atom is 0.309 e. The van der Waals surface area contributed by atoms with E-state index in [0.29, 0.717) is 5.82 Å². The first kappa shape index (κ1) is 15.7. The zero-order valence-corrected chi connectivity index (χ0v) is 13.3. The van der Waals surface area contributed by atoms with Gasteiger partial charge in [0.1, 0.15) is 0 Å². The highest BCUT2D eigenvalue weighted by Gasteiger charge is 2.17. The highest BCUT2D eigenvalue weighted by molar-refractivity contribution is 5.73. The van der Waals surface area contributed by atoms with Gasteiger partial charge < -0.3 is 10.2 Å². The van der Waals surface area contributed by atoms with Crippen molar-refractivity contribution in [3.05, 3.63) is 53.3 Å². The number of nitrogens with zero attached hydrogens (tertiary/aromatic N) is 4. The van der Waals surface area contributed by atoms with Crippen LogP contribution in [0.4, 0.5) is 11.5 Å². The molecule has 0 saturated heterocycles. The van der Waals surface area contributed by atoms with Crippen LogP contribution in [0.5, 0.6) is 5.75 Å². The van der Waals surface area contributed by atoms with Gasteiger partial charge in [-0.05, 0) is 37.1 Å². The number of aromatic nitrogens is 2. The Balaban J connectivity index is 2.15. The summed E-state index contributed by atoms with van der Waals surface area (Å²) < 4.78 is 1.53. The average Bonchev–Trinajstić information content (AvgIpc) is 2.85. The predicted molar refractivity (Wildman–Crippen MR) is 88.3 cm³/mol. The number of carbonyl (C=O) groups is 1. The summed E-state index contributed by atoms with van der Waals surface area (Å²) in [5, 5.41) is 27.5. The summed E-state index contributed by atoms with van der Waals surface area (Å²) >= 11 is 0. The van der Waals surface area contributed by atoms with Gasteiger partial charge in [0.2, 0.25) is 0 Å². The molecule has 0 aliphatic carbocycles. The molecule has 0 fully saturated rings. The lowest BCUT2D eigenvalue weighted by Crippen LogP contribution is -2.00. The van der Waals surface area contributed by atoms with E-state index in [1.807, 2.05) is 32.0 Å². The molecule has 7 heteroatoms. The van der Waals surface area contributed by atoms with Crippen molar-refractivity contribution in [3.8, 4) is 5.75 Å². The van der Waals surface area contributed by atoms with Gasteiger partial charge >= 0.3 is 5.97 Å². The number of hydrogen-bond acceptors (Lipinski definition) is 5. The van der Waals surface area contributed by atoms with Crippen molar-refractivity contribution in [2.75, 3.05) is 0 Å². The van der Waals surface area contributed by atoms with E-state index >= 15 is 0 Å². The molecule has 2 N–H and O–H groups in total. The summed E-state index contributed by atoms with van der Waals surface area (Å²) in [6, 6.07) is 8.91. The van der Waals surface area contributed by atoms with Crippen molar-refractivity contribution < 1.29 is 15.0 Å². The smallest absolute Gasteiger partial charge is 0.309 e. The first-order chi connectivity index (χ1) is 11.5. The first-order valence-electron chi connectivity index (χ1n) is 7.36. The SMILES string of the molecule is Cc1cccc(C)c1N=Nc1c(CC(=O)O)nc2c(O)cccn12. The third-order valence-corrected chi connectivity index (χ3v) is 3.68. The molecule has 24 heavy (non-hydrogen) atoms. The number of carboxylic acids is 1. The number of imidazole rings is 1. The van der Waals surface area contributed by atoms with E-state index in [1.54, 1.807) is 12.3 Å². The fourth-order valence-corrected chi connectivity index (χ4v) is 2.52. The van der Waals surface area contributed by atoms with Crippen molar-refractivity contribution >= 4 is 23.1 Å². The van der Waals surface area contributed by atoms with E-state index in [0.717, 1.165) is 16.8 Å². The van der Waals surface area contributed by atoms with Crippen LogP contribution in [0.25, 0.3) is 5.65 Å². The minimum Gasteiger partial charge on any atom is -0.504 e. The van der Waals surface area contributed by atoms with Crippen LogP contribution in [0.3, 0.4) is 0 Å².